The maximum Gasteiger partial charge on any atom is 0.0659 e. The van der Waals surface area contributed by atoms with Crippen molar-refractivity contribution in [3.8, 4) is 11.1 Å². The Morgan fingerprint density at radius 1 is 0.516 bits per heavy atom. The Bertz CT molecular complexity index is 1490. The number of hydrogen-bond donors (Lipinski definition) is 2. The molecule has 0 spiro atoms. The maximum absolute atomic E-state index is 4.76. The predicted octanol–water partition coefficient (Wildman–Crippen LogP) is 6.74. The number of H-pyrrole nitrogens is 2. The van der Waals surface area contributed by atoms with Gasteiger partial charge >= 0.3 is 0 Å². The fourth-order valence-electron chi connectivity index (χ4n) is 3.87. The SMILES string of the molecule is C1=Cc2cc3ccc(cc4cc(-c5ccccc5)c(cc5nc(cc1n2)C=C5)[nH]4)[nH]3.Cl. The highest BCUT2D eigenvalue weighted by molar-refractivity contribution is 5.88. The van der Waals surface area contributed by atoms with Gasteiger partial charge in [-0.15, -0.1) is 12.4 Å². The molecule has 5 heterocycles. The topological polar surface area (TPSA) is 57.4 Å². The first-order valence-corrected chi connectivity index (χ1v) is 9.92. The third-order valence-corrected chi connectivity index (χ3v) is 5.25. The van der Waals surface area contributed by atoms with Gasteiger partial charge in [0.1, 0.15) is 0 Å². The molecule has 8 bridgehead atoms. The molecule has 0 saturated carbocycles. The molecule has 2 aliphatic rings. The summed E-state index contributed by atoms with van der Waals surface area (Å²) in [6, 6.07) is 25.0. The monoisotopic (exact) mass is 422 g/mol. The van der Waals surface area contributed by atoms with Crippen molar-refractivity contribution in [3.63, 3.8) is 0 Å². The summed E-state index contributed by atoms with van der Waals surface area (Å²) >= 11 is 0. The van der Waals surface area contributed by atoms with Crippen molar-refractivity contribution >= 4 is 58.8 Å². The van der Waals surface area contributed by atoms with Gasteiger partial charge in [0, 0.05) is 27.6 Å². The number of nitrogens with one attached hydrogen (secondary N) is 2. The van der Waals surface area contributed by atoms with Crippen molar-refractivity contribution < 1.29 is 0 Å². The van der Waals surface area contributed by atoms with Crippen molar-refractivity contribution in [2.24, 2.45) is 0 Å². The van der Waals surface area contributed by atoms with E-state index >= 15 is 0 Å². The van der Waals surface area contributed by atoms with Gasteiger partial charge in [-0.2, -0.15) is 0 Å². The van der Waals surface area contributed by atoms with E-state index in [0.717, 1.165) is 50.4 Å². The minimum atomic E-state index is 0. The zero-order valence-corrected chi connectivity index (χ0v) is 17.4. The molecule has 0 unspecified atom stereocenters. The summed E-state index contributed by atoms with van der Waals surface area (Å²) < 4.78 is 0. The average molecular weight is 423 g/mol. The average Bonchev–Trinajstić information content (AvgIpc) is 3.53. The van der Waals surface area contributed by atoms with Crippen molar-refractivity contribution in [2.45, 2.75) is 0 Å². The van der Waals surface area contributed by atoms with Crippen LogP contribution in [0.2, 0.25) is 0 Å². The van der Waals surface area contributed by atoms with Crippen LogP contribution in [0, 0.1) is 0 Å². The minimum Gasteiger partial charge on any atom is -0.355 e. The molecular weight excluding hydrogens is 404 g/mol. The molecule has 4 aromatic rings. The molecule has 31 heavy (non-hydrogen) atoms. The van der Waals surface area contributed by atoms with Gasteiger partial charge in [-0.1, -0.05) is 30.3 Å². The molecule has 2 N–H and O–H groups in total. The normalized spacial score (nSPS) is 12.0. The summed E-state index contributed by atoms with van der Waals surface area (Å²) in [6.07, 6.45) is 8.10. The Morgan fingerprint density at radius 2 is 1.13 bits per heavy atom. The Hall–Kier alpha value is -3.89. The fraction of sp³-hybridized carbons (Fsp3) is 0. The Morgan fingerprint density at radius 3 is 1.84 bits per heavy atom. The summed E-state index contributed by atoms with van der Waals surface area (Å²) in [5, 5.41) is 0. The second-order valence-electron chi connectivity index (χ2n) is 7.45. The van der Waals surface area contributed by atoms with E-state index in [1.165, 1.54) is 5.56 Å². The van der Waals surface area contributed by atoms with E-state index in [4.69, 9.17) is 4.98 Å². The van der Waals surface area contributed by atoms with Crippen LogP contribution in [0.5, 0.6) is 0 Å². The third-order valence-electron chi connectivity index (χ3n) is 5.25. The second kappa shape index (κ2) is 7.74. The van der Waals surface area contributed by atoms with E-state index < -0.39 is 0 Å². The largest absolute Gasteiger partial charge is 0.355 e. The molecule has 0 atom stereocenters. The number of aromatic amines is 2. The third kappa shape index (κ3) is 3.81. The van der Waals surface area contributed by atoms with Crippen molar-refractivity contribution in [3.05, 3.63) is 95.6 Å². The molecule has 0 radical (unpaired) electrons. The van der Waals surface area contributed by atoms with Crippen molar-refractivity contribution in [1.82, 2.24) is 19.9 Å². The van der Waals surface area contributed by atoms with E-state index in [0.29, 0.717) is 0 Å². The molecule has 0 aliphatic carbocycles. The molecular formula is C26H19ClN4. The number of rotatable bonds is 1. The number of aromatic nitrogens is 4. The van der Waals surface area contributed by atoms with Crippen LogP contribution in [0.25, 0.3) is 57.5 Å². The van der Waals surface area contributed by atoms with E-state index in [9.17, 15) is 0 Å². The van der Waals surface area contributed by atoms with Crippen LogP contribution in [-0.2, 0) is 0 Å². The number of nitrogens with zero attached hydrogens (tertiary/aromatic N) is 2. The van der Waals surface area contributed by atoms with Gasteiger partial charge in [-0.05, 0) is 72.3 Å². The lowest BCUT2D eigenvalue weighted by Gasteiger charge is -1.97. The summed E-state index contributed by atoms with van der Waals surface area (Å²) in [7, 11) is 0. The molecule has 150 valence electrons. The Kier molecular flexibility index (Phi) is 4.77. The second-order valence-corrected chi connectivity index (χ2v) is 7.45. The molecule has 0 amide bonds. The number of benzene rings is 1. The van der Waals surface area contributed by atoms with E-state index in [-0.39, 0.29) is 12.4 Å². The van der Waals surface area contributed by atoms with Crippen LogP contribution in [0.15, 0.2) is 72.8 Å². The van der Waals surface area contributed by atoms with E-state index in [1.54, 1.807) is 0 Å². The molecule has 5 heteroatoms. The molecule has 0 fully saturated rings. The van der Waals surface area contributed by atoms with Crippen LogP contribution < -0.4 is 0 Å². The van der Waals surface area contributed by atoms with Crippen LogP contribution in [0.1, 0.15) is 22.8 Å². The zero-order valence-electron chi connectivity index (χ0n) is 16.5. The smallest absolute Gasteiger partial charge is 0.0659 e. The first kappa shape index (κ1) is 19.1. The van der Waals surface area contributed by atoms with Gasteiger partial charge in [-0.25, -0.2) is 9.97 Å². The fourth-order valence-corrected chi connectivity index (χ4v) is 3.87. The van der Waals surface area contributed by atoms with Gasteiger partial charge in [0.05, 0.1) is 22.8 Å². The minimum absolute atomic E-state index is 0. The first-order valence-electron chi connectivity index (χ1n) is 9.92. The molecule has 4 nitrogen and oxygen atoms in total. The Labute approximate surface area is 185 Å². The van der Waals surface area contributed by atoms with Crippen LogP contribution in [-0.4, -0.2) is 19.9 Å². The maximum atomic E-state index is 4.76. The van der Waals surface area contributed by atoms with Gasteiger partial charge in [0.2, 0.25) is 0 Å². The summed E-state index contributed by atoms with van der Waals surface area (Å²) in [4.78, 5) is 16.4. The van der Waals surface area contributed by atoms with Gasteiger partial charge < -0.3 is 9.97 Å². The lowest BCUT2D eigenvalue weighted by atomic mass is 10.1. The molecule has 0 saturated heterocycles. The number of hydrogen-bond acceptors (Lipinski definition) is 2. The molecule has 2 aliphatic heterocycles. The van der Waals surface area contributed by atoms with Crippen LogP contribution in [0.4, 0.5) is 0 Å². The highest BCUT2D eigenvalue weighted by Crippen LogP contribution is 2.27. The Balaban J connectivity index is 0.00000204. The first-order chi connectivity index (χ1) is 14.8. The van der Waals surface area contributed by atoms with E-state index in [1.807, 2.05) is 42.5 Å². The van der Waals surface area contributed by atoms with Gasteiger partial charge in [0.25, 0.3) is 0 Å². The summed E-state index contributed by atoms with van der Waals surface area (Å²) in [5.41, 5.74) is 10.1. The predicted molar refractivity (Wildman–Crippen MR) is 132 cm³/mol. The van der Waals surface area contributed by atoms with Crippen molar-refractivity contribution in [2.75, 3.05) is 0 Å². The summed E-state index contributed by atoms with van der Waals surface area (Å²) in [5.74, 6) is 0. The quantitative estimate of drug-likeness (QED) is 0.308. The molecule has 3 aromatic heterocycles. The number of halogens is 1. The number of fused-ring (bicyclic) bond motifs is 8. The van der Waals surface area contributed by atoms with Crippen LogP contribution in [0.3, 0.4) is 0 Å². The van der Waals surface area contributed by atoms with Crippen LogP contribution >= 0.6 is 12.4 Å². The summed E-state index contributed by atoms with van der Waals surface area (Å²) in [6.45, 7) is 0. The molecule has 6 rings (SSSR count). The molecule has 1 aromatic carbocycles. The highest BCUT2D eigenvalue weighted by Gasteiger charge is 2.06. The lowest BCUT2D eigenvalue weighted by Crippen LogP contribution is -1.78. The highest BCUT2D eigenvalue weighted by atomic mass is 35.5. The zero-order chi connectivity index (χ0) is 19.9. The van der Waals surface area contributed by atoms with E-state index in [2.05, 4.69) is 69.5 Å². The lowest BCUT2D eigenvalue weighted by molar-refractivity contribution is 1.28. The van der Waals surface area contributed by atoms with Crippen molar-refractivity contribution in [1.29, 1.82) is 0 Å². The van der Waals surface area contributed by atoms with Gasteiger partial charge in [-0.3, -0.25) is 0 Å². The van der Waals surface area contributed by atoms with Gasteiger partial charge in [0.15, 0.2) is 0 Å². The standard InChI is InChI=1S/C26H18N4.ClH/c1-2-4-17(5-3-1)25-15-24-14-22-9-8-20(28-22)12-18-6-7-19(27-18)13-21-10-11-23(29-21)16-26(25)30-24;/h1-16,28,30H;1H.